The highest BCUT2D eigenvalue weighted by atomic mass is 32.2. The third kappa shape index (κ3) is 9.04. The van der Waals surface area contributed by atoms with Crippen LogP contribution in [0.5, 0.6) is 0 Å². The number of rotatable bonds is 14. The summed E-state index contributed by atoms with van der Waals surface area (Å²) in [6, 6.07) is 13.2. The minimum absolute atomic E-state index is 0.000181. The van der Waals surface area contributed by atoms with Crippen LogP contribution in [0.1, 0.15) is 39.7 Å². The van der Waals surface area contributed by atoms with Crippen LogP contribution in [-0.2, 0) is 26.0 Å². The Bertz CT molecular complexity index is 1390. The molecule has 0 bridgehead atoms. The highest BCUT2D eigenvalue weighted by molar-refractivity contribution is 7.89. The summed E-state index contributed by atoms with van der Waals surface area (Å²) in [7, 11) is -2.39. The molecule has 2 amide bonds. The lowest BCUT2D eigenvalue weighted by molar-refractivity contribution is -0.148. The van der Waals surface area contributed by atoms with Crippen molar-refractivity contribution in [3.8, 4) is 0 Å². The van der Waals surface area contributed by atoms with Crippen molar-refractivity contribution in [2.45, 2.75) is 57.6 Å². The van der Waals surface area contributed by atoms with Crippen LogP contribution < -0.4 is 10.7 Å². The number of carbonyl (C=O) groups excluding carboxylic acids is 2. The molecule has 1 aromatic heterocycles. The van der Waals surface area contributed by atoms with E-state index in [1.54, 1.807) is 24.7 Å². The van der Waals surface area contributed by atoms with Crippen molar-refractivity contribution in [1.29, 1.82) is 0 Å². The number of thiazole rings is 1. The zero-order valence-corrected chi connectivity index (χ0v) is 25.9. The van der Waals surface area contributed by atoms with E-state index in [1.165, 1.54) is 26.7 Å². The molecule has 3 N–H and O–H groups in total. The van der Waals surface area contributed by atoms with Crippen LogP contribution in [0.2, 0.25) is 0 Å². The quantitative estimate of drug-likeness (QED) is 0.241. The first-order valence-electron chi connectivity index (χ1n) is 13.7. The van der Waals surface area contributed by atoms with Crippen molar-refractivity contribution in [1.82, 2.24) is 25.0 Å². The van der Waals surface area contributed by atoms with Gasteiger partial charge in [0.15, 0.2) is 0 Å². The number of nitrogens with zero attached hydrogens (tertiary/aromatic N) is 3. The number of aliphatic hydroxyl groups excluding tert-OH is 1. The Kier molecular flexibility index (Phi) is 11.8. The minimum atomic E-state index is -4.01. The standard InChI is InChI=1S/C29H41N5O5S2/c1-20(2)13-29(37)34(32-28(36)16-30-5)25(14-22-9-7-6-8-10-22)26(35)18-33(17-21(3)4)41(38,39)23-11-12-24-27(15-23)40-19-31-24/h6-12,15,19-21,25-26,30,35H,13-14,16-18H2,1-5H3,(H,32,36)/t25-,26+/m0/s1. The summed E-state index contributed by atoms with van der Waals surface area (Å²) in [4.78, 5) is 30.5. The van der Waals surface area contributed by atoms with Crippen LogP contribution in [0.3, 0.4) is 0 Å². The summed E-state index contributed by atoms with van der Waals surface area (Å²) in [5.41, 5.74) is 5.88. The van der Waals surface area contributed by atoms with Crippen LogP contribution in [0.4, 0.5) is 0 Å². The average molecular weight is 604 g/mol. The van der Waals surface area contributed by atoms with Crippen molar-refractivity contribution >= 4 is 43.4 Å². The highest BCUT2D eigenvalue weighted by Crippen LogP contribution is 2.26. The van der Waals surface area contributed by atoms with Crippen molar-refractivity contribution in [2.24, 2.45) is 11.8 Å². The fraction of sp³-hybridized carbons (Fsp3) is 0.483. The van der Waals surface area contributed by atoms with E-state index in [4.69, 9.17) is 0 Å². The molecule has 0 aliphatic heterocycles. The fourth-order valence-corrected chi connectivity index (χ4v) is 6.96. The van der Waals surface area contributed by atoms with Gasteiger partial charge in [-0.25, -0.2) is 18.4 Å². The summed E-state index contributed by atoms with van der Waals surface area (Å²) in [6.45, 7) is 7.44. The van der Waals surface area contributed by atoms with E-state index in [0.717, 1.165) is 10.3 Å². The van der Waals surface area contributed by atoms with Crippen molar-refractivity contribution in [3.05, 3.63) is 59.6 Å². The Labute approximate surface area is 246 Å². The molecule has 0 radical (unpaired) electrons. The van der Waals surface area contributed by atoms with E-state index < -0.39 is 28.1 Å². The van der Waals surface area contributed by atoms with Crippen LogP contribution in [0.25, 0.3) is 10.2 Å². The zero-order chi connectivity index (χ0) is 30.2. The predicted octanol–water partition coefficient (Wildman–Crippen LogP) is 3.04. The molecular weight excluding hydrogens is 562 g/mol. The number of hydrogen-bond acceptors (Lipinski definition) is 8. The van der Waals surface area contributed by atoms with Gasteiger partial charge in [0.05, 0.1) is 39.3 Å². The molecule has 224 valence electrons. The summed E-state index contributed by atoms with van der Waals surface area (Å²) < 4.78 is 29.8. The number of likely N-dealkylation sites (N-methyl/N-ethyl adjacent to an activating group) is 1. The Morgan fingerprint density at radius 3 is 2.37 bits per heavy atom. The van der Waals surface area contributed by atoms with Gasteiger partial charge in [0.25, 0.3) is 5.91 Å². The SMILES string of the molecule is CNCC(=O)NN(C(=O)CC(C)C)[C@@H](Cc1ccccc1)[C@H](O)CN(CC(C)C)S(=O)(=O)c1ccc2ncsc2c1. The second kappa shape index (κ2) is 14.8. The fourth-order valence-electron chi connectivity index (χ4n) is 4.52. The molecule has 1 heterocycles. The zero-order valence-electron chi connectivity index (χ0n) is 24.3. The predicted molar refractivity (Wildman–Crippen MR) is 162 cm³/mol. The molecule has 2 atom stereocenters. The van der Waals surface area contributed by atoms with Gasteiger partial charge in [-0.05, 0) is 49.1 Å². The first-order valence-corrected chi connectivity index (χ1v) is 16.1. The van der Waals surface area contributed by atoms with Gasteiger partial charge in [-0.15, -0.1) is 11.3 Å². The number of hydrazine groups is 1. The number of benzene rings is 2. The number of aromatic nitrogens is 1. The lowest BCUT2D eigenvalue weighted by Crippen LogP contribution is -2.60. The summed E-state index contributed by atoms with van der Waals surface area (Å²) in [6.07, 6.45) is -0.976. The first kappa shape index (κ1) is 32.6. The van der Waals surface area contributed by atoms with Crippen molar-refractivity contribution in [2.75, 3.05) is 26.7 Å². The molecule has 0 spiro atoms. The van der Waals surface area contributed by atoms with Crippen LogP contribution in [0.15, 0.2) is 58.9 Å². The molecule has 41 heavy (non-hydrogen) atoms. The summed E-state index contributed by atoms with van der Waals surface area (Å²) in [5.74, 6) is -0.844. The van der Waals surface area contributed by atoms with E-state index in [1.807, 2.05) is 58.0 Å². The molecule has 12 heteroatoms. The Morgan fingerprint density at radius 2 is 1.73 bits per heavy atom. The van der Waals surface area contributed by atoms with E-state index in [-0.39, 0.29) is 55.1 Å². The average Bonchev–Trinajstić information content (AvgIpc) is 3.38. The van der Waals surface area contributed by atoms with E-state index in [2.05, 4.69) is 15.7 Å². The summed E-state index contributed by atoms with van der Waals surface area (Å²) >= 11 is 1.35. The van der Waals surface area contributed by atoms with Gasteiger partial charge in [-0.1, -0.05) is 58.0 Å². The van der Waals surface area contributed by atoms with Gasteiger partial charge < -0.3 is 10.4 Å². The smallest absolute Gasteiger partial charge is 0.252 e. The third-order valence-electron chi connectivity index (χ3n) is 6.40. The Morgan fingerprint density at radius 1 is 1.02 bits per heavy atom. The lowest BCUT2D eigenvalue weighted by atomic mass is 9.99. The minimum Gasteiger partial charge on any atom is -0.390 e. The largest absolute Gasteiger partial charge is 0.390 e. The molecule has 10 nitrogen and oxygen atoms in total. The number of sulfonamides is 1. The molecule has 0 saturated heterocycles. The van der Waals surface area contributed by atoms with Gasteiger partial charge >= 0.3 is 0 Å². The van der Waals surface area contributed by atoms with Gasteiger partial charge in [0, 0.05) is 19.5 Å². The third-order valence-corrected chi connectivity index (χ3v) is 9.02. The van der Waals surface area contributed by atoms with Gasteiger partial charge in [0.2, 0.25) is 15.9 Å². The molecule has 2 aromatic carbocycles. The lowest BCUT2D eigenvalue weighted by Gasteiger charge is -2.37. The molecule has 0 saturated carbocycles. The van der Waals surface area contributed by atoms with E-state index >= 15 is 0 Å². The number of amides is 2. The van der Waals surface area contributed by atoms with Crippen LogP contribution in [0, 0.1) is 11.8 Å². The Hall–Kier alpha value is -2.90. The van der Waals surface area contributed by atoms with Crippen LogP contribution >= 0.6 is 11.3 Å². The van der Waals surface area contributed by atoms with Gasteiger partial charge in [0.1, 0.15) is 0 Å². The molecule has 3 rings (SSSR count). The second-order valence-corrected chi connectivity index (χ2v) is 13.8. The molecule has 0 fully saturated rings. The number of nitrogens with one attached hydrogen (secondary N) is 2. The Balaban J connectivity index is 2.01. The topological polar surface area (TPSA) is 132 Å². The van der Waals surface area contributed by atoms with Gasteiger partial charge in [-0.2, -0.15) is 4.31 Å². The number of fused-ring (bicyclic) bond motifs is 1. The number of hydrogen-bond donors (Lipinski definition) is 3. The monoisotopic (exact) mass is 603 g/mol. The molecule has 3 aromatic rings. The van der Waals surface area contributed by atoms with E-state index in [0.29, 0.717) is 5.52 Å². The maximum Gasteiger partial charge on any atom is 0.252 e. The highest BCUT2D eigenvalue weighted by Gasteiger charge is 2.36. The number of carbonyl (C=O) groups is 2. The molecular formula is C29H41N5O5S2. The van der Waals surface area contributed by atoms with E-state index in [9.17, 15) is 23.1 Å². The molecule has 0 unspecified atom stereocenters. The van der Waals surface area contributed by atoms with Gasteiger partial charge in [-0.3, -0.25) is 15.0 Å². The van der Waals surface area contributed by atoms with Crippen LogP contribution in [-0.4, -0.2) is 78.5 Å². The number of aliphatic hydroxyl groups is 1. The van der Waals surface area contributed by atoms with Crippen molar-refractivity contribution < 1.29 is 23.1 Å². The first-order chi connectivity index (χ1) is 19.4. The second-order valence-electron chi connectivity index (χ2n) is 10.9. The molecule has 0 aliphatic rings. The molecule has 0 aliphatic carbocycles. The summed E-state index contributed by atoms with van der Waals surface area (Å²) in [5, 5.41) is 15.7. The normalized spacial score (nSPS) is 13.6. The maximum atomic E-state index is 13.9. The van der Waals surface area contributed by atoms with Crippen molar-refractivity contribution in [3.63, 3.8) is 0 Å². The maximum absolute atomic E-state index is 13.9.